The number of hydrogen-bond acceptors (Lipinski definition) is 7. The van der Waals surface area contributed by atoms with E-state index in [1.807, 2.05) is 12.1 Å². The molecule has 37 heavy (non-hydrogen) atoms. The largest absolute Gasteiger partial charge is 0.398 e. The zero-order chi connectivity index (χ0) is 26.8. The summed E-state index contributed by atoms with van der Waals surface area (Å²) in [6.45, 7) is 2.10. The summed E-state index contributed by atoms with van der Waals surface area (Å²) in [7, 11) is 0. The Morgan fingerprint density at radius 1 is 1.05 bits per heavy atom. The molecule has 0 atom stereocenters. The van der Waals surface area contributed by atoms with Crippen molar-refractivity contribution in [3.63, 3.8) is 0 Å². The number of amides is 3. The van der Waals surface area contributed by atoms with Crippen LogP contribution >= 0.6 is 0 Å². The number of hydrogen-bond donors (Lipinski definition) is 4. The number of tetrazole rings is 1. The van der Waals surface area contributed by atoms with E-state index in [0.717, 1.165) is 18.1 Å². The fourth-order valence-electron chi connectivity index (χ4n) is 3.19. The number of primary amides is 1. The van der Waals surface area contributed by atoms with E-state index >= 15 is 0 Å². The highest BCUT2D eigenvalue weighted by molar-refractivity contribution is 6.08. The van der Waals surface area contributed by atoms with Crippen molar-refractivity contribution in [1.29, 1.82) is 0 Å². The second-order valence-corrected chi connectivity index (χ2v) is 7.63. The van der Waals surface area contributed by atoms with Gasteiger partial charge in [0.1, 0.15) is 17.5 Å². The van der Waals surface area contributed by atoms with Crippen LogP contribution in [0.15, 0.2) is 60.8 Å². The van der Waals surface area contributed by atoms with Gasteiger partial charge in [0, 0.05) is 42.7 Å². The van der Waals surface area contributed by atoms with Gasteiger partial charge in [0.15, 0.2) is 5.82 Å². The highest BCUT2D eigenvalue weighted by Crippen LogP contribution is 2.20. The number of aromatic amines is 1. The van der Waals surface area contributed by atoms with Gasteiger partial charge in [-0.2, -0.15) is 5.21 Å². The van der Waals surface area contributed by atoms with Gasteiger partial charge in [-0.15, -0.1) is 10.2 Å². The van der Waals surface area contributed by atoms with Crippen LogP contribution in [-0.4, -0.2) is 44.1 Å². The predicted octanol–water partition coefficient (Wildman–Crippen LogP) is 3.08. The third-order valence-corrected chi connectivity index (χ3v) is 5.05. The Kier molecular flexibility index (Phi) is 9.13. The van der Waals surface area contributed by atoms with Gasteiger partial charge in [0.2, 0.25) is 0 Å². The van der Waals surface area contributed by atoms with Gasteiger partial charge >= 0.3 is 6.03 Å². The fourth-order valence-corrected chi connectivity index (χ4v) is 3.19. The minimum atomic E-state index is -0.643. The van der Waals surface area contributed by atoms with Crippen molar-refractivity contribution in [3.8, 4) is 0 Å². The number of pyridine rings is 1. The first-order chi connectivity index (χ1) is 17.8. The van der Waals surface area contributed by atoms with E-state index in [2.05, 4.69) is 30.9 Å². The SMILES string of the molecule is CCN(C(N)=O)c1cc(N)c(C(=O)Nc2ccc(CCc3nn[nH]n3)cc2)cn1.Fc1cccc(F)c1. The molecule has 2 aromatic heterocycles. The minimum absolute atomic E-state index is 0.198. The first kappa shape index (κ1) is 26.7. The summed E-state index contributed by atoms with van der Waals surface area (Å²) in [6.07, 6.45) is 2.74. The lowest BCUT2D eigenvalue weighted by Crippen LogP contribution is -2.36. The maximum atomic E-state index is 12.5. The number of halogens is 2. The first-order valence-electron chi connectivity index (χ1n) is 11.1. The normalized spacial score (nSPS) is 10.2. The summed E-state index contributed by atoms with van der Waals surface area (Å²) in [6, 6.07) is 12.8. The van der Waals surface area contributed by atoms with E-state index in [1.54, 1.807) is 19.1 Å². The van der Waals surface area contributed by atoms with Crippen LogP contribution in [0.4, 0.5) is 30.8 Å². The van der Waals surface area contributed by atoms with Crippen LogP contribution in [0.25, 0.3) is 0 Å². The smallest absolute Gasteiger partial charge is 0.320 e. The topological polar surface area (TPSA) is 169 Å². The molecule has 2 aromatic carbocycles. The highest BCUT2D eigenvalue weighted by atomic mass is 19.1. The third-order valence-electron chi connectivity index (χ3n) is 5.05. The summed E-state index contributed by atoms with van der Waals surface area (Å²) in [4.78, 5) is 29.3. The summed E-state index contributed by atoms with van der Waals surface area (Å²) < 4.78 is 23.9. The van der Waals surface area contributed by atoms with Gasteiger partial charge in [-0.3, -0.25) is 9.69 Å². The zero-order valence-electron chi connectivity index (χ0n) is 19.9. The highest BCUT2D eigenvalue weighted by Gasteiger charge is 2.16. The number of aryl methyl sites for hydroxylation is 2. The van der Waals surface area contributed by atoms with E-state index in [4.69, 9.17) is 11.5 Å². The predicted molar refractivity (Wildman–Crippen MR) is 134 cm³/mol. The van der Waals surface area contributed by atoms with E-state index in [0.29, 0.717) is 30.3 Å². The summed E-state index contributed by atoms with van der Waals surface area (Å²) in [5.41, 5.74) is 13.4. The van der Waals surface area contributed by atoms with E-state index < -0.39 is 23.6 Å². The van der Waals surface area contributed by atoms with Gasteiger partial charge in [-0.1, -0.05) is 23.4 Å². The third kappa shape index (κ3) is 7.78. The summed E-state index contributed by atoms with van der Waals surface area (Å²) >= 11 is 0. The molecule has 0 aliphatic carbocycles. The molecule has 2 heterocycles. The number of carbonyl (C=O) groups excluding carboxylic acids is 2. The van der Waals surface area contributed by atoms with Gasteiger partial charge in [0.25, 0.3) is 5.91 Å². The molecule has 6 N–H and O–H groups in total. The number of benzene rings is 2. The summed E-state index contributed by atoms with van der Waals surface area (Å²) in [5.74, 6) is -0.537. The Balaban J connectivity index is 0.000000405. The molecule has 11 nitrogen and oxygen atoms in total. The Morgan fingerprint density at radius 2 is 1.76 bits per heavy atom. The molecular weight excluding hydrogens is 484 g/mol. The molecule has 13 heteroatoms. The van der Waals surface area contributed by atoms with E-state index in [1.165, 1.54) is 35.4 Å². The van der Waals surface area contributed by atoms with Crippen LogP contribution in [0.1, 0.15) is 28.7 Å². The molecular formula is C24H25F2N9O2. The Bertz CT molecular complexity index is 1320. The van der Waals surface area contributed by atoms with Crippen LogP contribution in [0.5, 0.6) is 0 Å². The maximum Gasteiger partial charge on any atom is 0.320 e. The average molecular weight is 510 g/mol. The minimum Gasteiger partial charge on any atom is -0.398 e. The molecule has 0 saturated heterocycles. The second-order valence-electron chi connectivity index (χ2n) is 7.63. The fraction of sp³-hybridized carbons (Fsp3) is 0.167. The Morgan fingerprint density at radius 3 is 2.27 bits per heavy atom. The van der Waals surface area contributed by atoms with Gasteiger partial charge in [0.05, 0.1) is 5.56 Å². The van der Waals surface area contributed by atoms with Crippen molar-refractivity contribution in [2.75, 3.05) is 22.5 Å². The number of carbonyl (C=O) groups is 2. The van der Waals surface area contributed by atoms with Crippen molar-refractivity contribution in [1.82, 2.24) is 25.6 Å². The van der Waals surface area contributed by atoms with Crippen LogP contribution in [0.2, 0.25) is 0 Å². The Labute approximate surface area is 210 Å². The van der Waals surface area contributed by atoms with Crippen LogP contribution in [-0.2, 0) is 12.8 Å². The van der Waals surface area contributed by atoms with Gasteiger partial charge in [-0.25, -0.2) is 18.6 Å². The number of aromatic nitrogens is 5. The maximum absolute atomic E-state index is 12.5. The first-order valence-corrected chi connectivity index (χ1v) is 11.1. The molecule has 4 aromatic rings. The second kappa shape index (κ2) is 12.7. The van der Waals surface area contributed by atoms with Crippen molar-refractivity contribution in [3.05, 3.63) is 89.4 Å². The molecule has 4 rings (SSSR count). The molecule has 0 spiro atoms. The summed E-state index contributed by atoms with van der Waals surface area (Å²) in [5, 5.41) is 16.5. The molecule has 0 aliphatic heterocycles. The van der Waals surface area contributed by atoms with Gasteiger partial charge < -0.3 is 16.8 Å². The standard InChI is InChI=1S/C18H21N9O2.C6H4F2/c1-2-27(18(20)29)16-9-14(19)13(10-21-16)17(28)22-12-6-3-11(4-7-12)5-8-15-23-25-26-24-15;7-5-2-1-3-6(8)4-5/h3-4,6-7,9-10H,2,5,8H2,1H3,(H2,19,21)(H2,20,29)(H,22,28)(H,23,24,25,26);1-4H. The molecule has 192 valence electrons. The van der Waals surface area contributed by atoms with Crippen LogP contribution < -0.4 is 21.7 Å². The van der Waals surface area contributed by atoms with Crippen molar-refractivity contribution < 1.29 is 18.4 Å². The van der Waals surface area contributed by atoms with E-state index in [9.17, 15) is 18.4 Å². The van der Waals surface area contributed by atoms with E-state index in [-0.39, 0.29) is 11.3 Å². The lowest BCUT2D eigenvalue weighted by Gasteiger charge is -2.18. The number of urea groups is 1. The monoisotopic (exact) mass is 509 g/mol. The molecule has 0 unspecified atom stereocenters. The average Bonchev–Trinajstić information content (AvgIpc) is 3.38. The molecule has 3 amide bonds. The number of rotatable bonds is 7. The zero-order valence-corrected chi connectivity index (χ0v) is 19.9. The lowest BCUT2D eigenvalue weighted by atomic mass is 10.1. The number of anilines is 3. The quantitative estimate of drug-likeness (QED) is 0.297. The van der Waals surface area contributed by atoms with Crippen molar-refractivity contribution in [2.45, 2.75) is 19.8 Å². The number of nitrogens with one attached hydrogen (secondary N) is 2. The number of nitrogens with zero attached hydrogens (tertiary/aromatic N) is 5. The molecule has 0 bridgehead atoms. The molecule has 0 aliphatic rings. The molecule has 0 saturated carbocycles. The van der Waals surface area contributed by atoms with Crippen LogP contribution in [0.3, 0.4) is 0 Å². The molecule has 0 fully saturated rings. The van der Waals surface area contributed by atoms with Crippen molar-refractivity contribution >= 4 is 29.1 Å². The molecule has 0 radical (unpaired) electrons. The number of H-pyrrole nitrogens is 1. The lowest BCUT2D eigenvalue weighted by molar-refractivity contribution is 0.102. The number of nitrogens with two attached hydrogens (primary N) is 2. The number of nitrogen functional groups attached to an aromatic ring is 1. The van der Waals surface area contributed by atoms with Crippen molar-refractivity contribution in [2.24, 2.45) is 5.73 Å². The van der Waals surface area contributed by atoms with Crippen LogP contribution in [0, 0.1) is 11.6 Å². The van der Waals surface area contributed by atoms with Gasteiger partial charge in [-0.05, 0) is 43.2 Å². The Hall–Kier alpha value is -4.94.